The Bertz CT molecular complexity index is 1150. The Morgan fingerprint density at radius 2 is 1.76 bits per heavy atom. The molecule has 2 aliphatic rings. The lowest BCUT2D eigenvalue weighted by atomic mass is 10.1. The summed E-state index contributed by atoms with van der Waals surface area (Å²) in [5.74, 6) is 1.15. The Hall–Kier alpha value is -3.22. The summed E-state index contributed by atoms with van der Waals surface area (Å²) in [7, 11) is 0. The van der Waals surface area contributed by atoms with Gasteiger partial charge in [-0.25, -0.2) is 24.9 Å². The van der Waals surface area contributed by atoms with E-state index in [1.807, 2.05) is 11.8 Å². The molecule has 3 N–H and O–H groups in total. The molecule has 3 aromatic rings. The first-order chi connectivity index (χ1) is 16.3. The molecule has 0 bridgehead atoms. The average molecular weight is 477 g/mol. The van der Waals surface area contributed by atoms with Gasteiger partial charge in [0.15, 0.2) is 22.8 Å². The molecule has 1 unspecified atom stereocenters. The van der Waals surface area contributed by atoms with Crippen LogP contribution in [0.3, 0.4) is 0 Å². The van der Waals surface area contributed by atoms with Crippen LogP contribution in [0, 0.1) is 0 Å². The van der Waals surface area contributed by atoms with Crippen molar-refractivity contribution in [3.8, 4) is 11.4 Å². The SMILES string of the molecule is CC1CN(c2nc3c(N4CCCCC4)nc(-c4cnc(N)nc4)nc3n2CC(F)(F)F)CCN1. The molecule has 1 atom stereocenters. The van der Waals surface area contributed by atoms with Gasteiger partial charge in [-0.15, -0.1) is 0 Å². The van der Waals surface area contributed by atoms with Crippen molar-refractivity contribution in [1.82, 2.24) is 34.8 Å². The Morgan fingerprint density at radius 1 is 1.03 bits per heavy atom. The fourth-order valence-electron chi connectivity index (χ4n) is 4.56. The number of anilines is 3. The molecule has 0 saturated carbocycles. The van der Waals surface area contributed by atoms with Crippen LogP contribution < -0.4 is 20.9 Å². The number of halogens is 3. The molecular weight excluding hydrogens is 449 g/mol. The zero-order valence-electron chi connectivity index (χ0n) is 18.9. The number of hydrogen-bond donors (Lipinski definition) is 2. The fraction of sp³-hybridized carbons (Fsp3) is 0.571. The number of rotatable bonds is 4. The van der Waals surface area contributed by atoms with Crippen LogP contribution in [-0.2, 0) is 6.54 Å². The summed E-state index contributed by atoms with van der Waals surface area (Å²) in [4.78, 5) is 26.0. The molecule has 0 aliphatic carbocycles. The van der Waals surface area contributed by atoms with E-state index in [9.17, 15) is 13.2 Å². The first kappa shape index (κ1) is 22.6. The third-order valence-corrected chi connectivity index (χ3v) is 6.13. The maximum absolute atomic E-state index is 13.7. The van der Waals surface area contributed by atoms with Crippen LogP contribution in [0.5, 0.6) is 0 Å². The third-order valence-electron chi connectivity index (χ3n) is 6.13. The second kappa shape index (κ2) is 8.85. The predicted octanol–water partition coefficient (Wildman–Crippen LogP) is 2.22. The largest absolute Gasteiger partial charge is 0.406 e. The Labute approximate surface area is 194 Å². The monoisotopic (exact) mass is 476 g/mol. The zero-order chi connectivity index (χ0) is 23.9. The Balaban J connectivity index is 1.72. The molecule has 0 spiro atoms. The van der Waals surface area contributed by atoms with Gasteiger partial charge in [-0.05, 0) is 26.2 Å². The molecule has 0 radical (unpaired) electrons. The molecule has 0 aromatic carbocycles. The second-order valence-electron chi connectivity index (χ2n) is 8.83. The average Bonchev–Trinajstić information content (AvgIpc) is 3.16. The topological polar surface area (TPSA) is 114 Å². The van der Waals surface area contributed by atoms with Crippen LogP contribution >= 0.6 is 0 Å². The summed E-state index contributed by atoms with van der Waals surface area (Å²) in [6.07, 6.45) is 1.59. The zero-order valence-corrected chi connectivity index (χ0v) is 18.9. The summed E-state index contributed by atoms with van der Waals surface area (Å²) >= 11 is 0. The molecular formula is C21H27F3N10. The number of piperidine rings is 1. The van der Waals surface area contributed by atoms with Gasteiger partial charge in [-0.2, -0.15) is 13.2 Å². The van der Waals surface area contributed by atoms with Gasteiger partial charge in [0.2, 0.25) is 11.9 Å². The first-order valence-corrected chi connectivity index (χ1v) is 11.4. The number of nitrogens with two attached hydrogens (primary N) is 1. The number of hydrogen-bond acceptors (Lipinski definition) is 9. The molecule has 5 heterocycles. The highest BCUT2D eigenvalue weighted by molar-refractivity contribution is 5.88. The van der Waals surface area contributed by atoms with Crippen LogP contribution in [0.15, 0.2) is 12.4 Å². The van der Waals surface area contributed by atoms with Crippen molar-refractivity contribution in [3.63, 3.8) is 0 Å². The summed E-state index contributed by atoms with van der Waals surface area (Å²) in [5, 5.41) is 3.32. The van der Waals surface area contributed by atoms with Gasteiger partial charge >= 0.3 is 6.18 Å². The summed E-state index contributed by atoms with van der Waals surface area (Å²) in [6.45, 7) is 4.09. The number of piperazine rings is 1. The lowest BCUT2D eigenvalue weighted by Gasteiger charge is -2.33. The first-order valence-electron chi connectivity index (χ1n) is 11.4. The highest BCUT2D eigenvalue weighted by Crippen LogP contribution is 2.34. The van der Waals surface area contributed by atoms with Crippen LogP contribution in [0.4, 0.5) is 30.9 Å². The minimum Gasteiger partial charge on any atom is -0.368 e. The van der Waals surface area contributed by atoms with Crippen molar-refractivity contribution in [2.45, 2.75) is 44.9 Å². The summed E-state index contributed by atoms with van der Waals surface area (Å²) in [6, 6.07) is 0.128. The number of nitrogens with zero attached hydrogens (tertiary/aromatic N) is 8. The van der Waals surface area contributed by atoms with Gasteiger partial charge < -0.3 is 20.9 Å². The predicted molar refractivity (Wildman–Crippen MR) is 123 cm³/mol. The van der Waals surface area contributed by atoms with Crippen molar-refractivity contribution in [3.05, 3.63) is 12.4 Å². The van der Waals surface area contributed by atoms with Crippen molar-refractivity contribution in [2.24, 2.45) is 0 Å². The molecule has 3 aromatic heterocycles. The molecule has 5 rings (SSSR count). The van der Waals surface area contributed by atoms with Crippen LogP contribution in [0.25, 0.3) is 22.6 Å². The molecule has 2 fully saturated rings. The molecule has 10 nitrogen and oxygen atoms in total. The highest BCUT2D eigenvalue weighted by atomic mass is 19.4. The maximum Gasteiger partial charge on any atom is 0.406 e. The number of nitrogen functional groups attached to an aromatic ring is 1. The van der Waals surface area contributed by atoms with Crippen molar-refractivity contribution in [2.75, 3.05) is 48.3 Å². The van der Waals surface area contributed by atoms with Gasteiger partial charge in [0.1, 0.15) is 6.54 Å². The van der Waals surface area contributed by atoms with Gasteiger partial charge in [0, 0.05) is 51.2 Å². The van der Waals surface area contributed by atoms with Crippen LogP contribution in [0.2, 0.25) is 0 Å². The lowest BCUT2D eigenvalue weighted by Crippen LogP contribution is -2.50. The molecule has 182 valence electrons. The number of imidazole rings is 1. The Kier molecular flexibility index (Phi) is 5.88. The van der Waals surface area contributed by atoms with Gasteiger partial charge in [0.05, 0.1) is 5.56 Å². The molecule has 2 saturated heterocycles. The minimum absolute atomic E-state index is 0.0957. The second-order valence-corrected chi connectivity index (χ2v) is 8.83. The van der Waals surface area contributed by atoms with E-state index in [-0.39, 0.29) is 29.4 Å². The van der Waals surface area contributed by atoms with E-state index in [1.54, 1.807) is 0 Å². The van der Waals surface area contributed by atoms with E-state index < -0.39 is 12.7 Å². The van der Waals surface area contributed by atoms with E-state index in [4.69, 9.17) is 15.7 Å². The maximum atomic E-state index is 13.7. The number of alkyl halides is 3. The smallest absolute Gasteiger partial charge is 0.368 e. The van der Waals surface area contributed by atoms with Gasteiger partial charge in [-0.1, -0.05) is 0 Å². The van der Waals surface area contributed by atoms with Crippen molar-refractivity contribution >= 4 is 28.9 Å². The summed E-state index contributed by atoms with van der Waals surface area (Å²) in [5.41, 5.74) is 6.63. The lowest BCUT2D eigenvalue weighted by molar-refractivity contribution is -0.139. The van der Waals surface area contributed by atoms with Crippen LogP contribution in [-0.4, -0.2) is 74.4 Å². The standard InChI is InChI=1S/C21H27F3N10/c1-13-11-33(8-5-26-13)20-29-15-17(32-6-3-2-4-7-32)30-16(14-9-27-19(25)28-10-14)31-18(15)34(20)12-21(22,23)24/h9-10,13,26H,2-8,11-12H2,1H3,(H2,25,27,28). The van der Waals surface area contributed by atoms with E-state index in [2.05, 4.69) is 25.2 Å². The number of nitrogens with one attached hydrogen (secondary N) is 1. The molecule has 2 aliphatic heterocycles. The quantitative estimate of drug-likeness (QED) is 0.585. The summed E-state index contributed by atoms with van der Waals surface area (Å²) < 4.78 is 42.4. The van der Waals surface area contributed by atoms with Crippen LogP contribution in [0.1, 0.15) is 26.2 Å². The third kappa shape index (κ3) is 4.56. The fourth-order valence-corrected chi connectivity index (χ4v) is 4.56. The van der Waals surface area contributed by atoms with Crippen molar-refractivity contribution in [1.29, 1.82) is 0 Å². The number of fused-ring (bicyclic) bond motifs is 1. The van der Waals surface area contributed by atoms with E-state index in [1.165, 1.54) is 17.0 Å². The molecule has 13 heteroatoms. The van der Waals surface area contributed by atoms with E-state index >= 15 is 0 Å². The van der Waals surface area contributed by atoms with Gasteiger partial charge in [0.25, 0.3) is 0 Å². The van der Waals surface area contributed by atoms with E-state index in [0.717, 1.165) is 32.4 Å². The van der Waals surface area contributed by atoms with Gasteiger partial charge in [-0.3, -0.25) is 4.57 Å². The van der Waals surface area contributed by atoms with E-state index in [0.29, 0.717) is 36.5 Å². The Morgan fingerprint density at radius 3 is 2.44 bits per heavy atom. The normalized spacial score (nSPS) is 19.7. The molecule has 0 amide bonds. The number of aromatic nitrogens is 6. The molecule has 34 heavy (non-hydrogen) atoms. The highest BCUT2D eigenvalue weighted by Gasteiger charge is 2.34. The minimum atomic E-state index is -4.44. The van der Waals surface area contributed by atoms with Crippen molar-refractivity contribution < 1.29 is 13.2 Å².